The molecule has 0 aromatic carbocycles. The summed E-state index contributed by atoms with van der Waals surface area (Å²) in [6, 6.07) is 0. The van der Waals surface area contributed by atoms with Gasteiger partial charge < -0.3 is 0 Å². The number of nitrogens with zero attached hydrogens (tertiary/aromatic N) is 12. The smallest absolute Gasteiger partial charge is 0.205 e. The van der Waals surface area contributed by atoms with Crippen LogP contribution in [0.25, 0.3) is 31.3 Å². The highest BCUT2D eigenvalue weighted by molar-refractivity contribution is 5.32. The van der Waals surface area contributed by atoms with Crippen LogP contribution in [0.1, 0.15) is 0 Å². The van der Waals surface area contributed by atoms with E-state index in [1.54, 1.807) is 0 Å². The molecule has 0 aliphatic heterocycles. The quantitative estimate of drug-likeness (QED) is 0.416. The van der Waals surface area contributed by atoms with Crippen LogP contribution in [0.2, 0.25) is 0 Å². The molecule has 1 aromatic heterocycles. The number of azide groups is 3. The first-order valence-electron chi connectivity index (χ1n) is 3.21. The van der Waals surface area contributed by atoms with E-state index in [0.29, 0.717) is 0 Å². The molecule has 0 fully saturated rings. The first kappa shape index (κ1) is 10.0. The summed E-state index contributed by atoms with van der Waals surface area (Å²) in [5.41, 5.74) is 24.3. The fraction of sp³-hybridized carbons (Fsp3) is 0. The maximum Gasteiger partial charge on any atom is 0.220 e. The highest BCUT2D eigenvalue weighted by atomic mass is 15.3. The van der Waals surface area contributed by atoms with Gasteiger partial charge in [-0.05, 0) is 31.9 Å². The maximum atomic E-state index is 8.11. The first-order valence-corrected chi connectivity index (χ1v) is 3.21. The Morgan fingerprint density at radius 2 is 0.933 bits per heavy atom. The lowest BCUT2D eigenvalue weighted by Crippen LogP contribution is -1.85. The van der Waals surface area contributed by atoms with E-state index in [4.69, 9.17) is 16.6 Å². The number of aromatic nitrogens is 3. The summed E-state index contributed by atoms with van der Waals surface area (Å²) in [6.45, 7) is 0. The Labute approximate surface area is 80.5 Å². The molecule has 1 rings (SSSR count). The van der Waals surface area contributed by atoms with Crippen molar-refractivity contribution in [2.45, 2.75) is 0 Å². The minimum absolute atomic E-state index is 0.350. The molecule has 0 aliphatic rings. The van der Waals surface area contributed by atoms with E-state index in [1.165, 1.54) is 0 Å². The van der Waals surface area contributed by atoms with Crippen molar-refractivity contribution in [2.24, 2.45) is 15.3 Å². The van der Waals surface area contributed by atoms with Gasteiger partial charge in [-0.15, -0.1) is 0 Å². The molecule has 0 unspecified atom stereocenters. The van der Waals surface area contributed by atoms with E-state index in [2.05, 4.69) is 45.0 Å². The Hall–Kier alpha value is -3.06. The Balaban J connectivity index is 3.36. The lowest BCUT2D eigenvalue weighted by molar-refractivity contribution is 1.01. The van der Waals surface area contributed by atoms with Crippen LogP contribution in [0, 0.1) is 0 Å². The summed E-state index contributed by atoms with van der Waals surface area (Å²) in [4.78, 5) is 17.6. The van der Waals surface area contributed by atoms with Crippen molar-refractivity contribution >= 4 is 17.8 Å². The minimum Gasteiger partial charge on any atom is -0.205 e. The van der Waals surface area contributed by atoms with E-state index in [9.17, 15) is 0 Å². The molecule has 0 aliphatic carbocycles. The number of hydrogen-bond acceptors (Lipinski definition) is 6. The summed E-state index contributed by atoms with van der Waals surface area (Å²) in [7, 11) is 0. The Bertz CT molecular complexity index is 421. The van der Waals surface area contributed by atoms with Gasteiger partial charge in [-0.2, -0.15) is 0 Å². The predicted octanol–water partition coefficient (Wildman–Crippen LogP) is 2.70. The molecule has 0 bridgehead atoms. The fourth-order valence-electron chi connectivity index (χ4n) is 0.597. The van der Waals surface area contributed by atoms with Crippen LogP contribution >= 0.6 is 0 Å². The predicted molar refractivity (Wildman–Crippen MR) is 46.2 cm³/mol. The average Bonchev–Trinajstić information content (AvgIpc) is 2.19. The lowest BCUT2D eigenvalue weighted by Gasteiger charge is -1.94. The van der Waals surface area contributed by atoms with Gasteiger partial charge in [0, 0.05) is 14.7 Å². The zero-order chi connectivity index (χ0) is 11.1. The van der Waals surface area contributed by atoms with E-state index in [1.807, 2.05) is 0 Å². The van der Waals surface area contributed by atoms with Gasteiger partial charge >= 0.3 is 0 Å². The van der Waals surface area contributed by atoms with Crippen LogP contribution < -0.4 is 0 Å². The summed E-state index contributed by atoms with van der Waals surface area (Å²) >= 11 is 0. The summed E-state index contributed by atoms with van der Waals surface area (Å²) in [5, 5.41) is 9.13. The van der Waals surface area contributed by atoms with Crippen molar-refractivity contribution in [2.75, 3.05) is 0 Å². The van der Waals surface area contributed by atoms with Crippen molar-refractivity contribution in [1.82, 2.24) is 15.0 Å². The third kappa shape index (κ3) is 2.72. The van der Waals surface area contributed by atoms with E-state index in [-0.39, 0.29) is 17.8 Å². The number of hydrogen-bond donors (Lipinski definition) is 0. The molecule has 0 atom stereocenters. The van der Waals surface area contributed by atoms with E-state index >= 15 is 0 Å². The molecule has 1 aromatic rings. The minimum atomic E-state index is -0.350. The molecule has 15 heavy (non-hydrogen) atoms. The molecular weight excluding hydrogens is 204 g/mol. The maximum absolute atomic E-state index is 8.11. The largest absolute Gasteiger partial charge is 0.220 e. The second-order valence-corrected chi connectivity index (χ2v) is 1.80. The third-order valence-corrected chi connectivity index (χ3v) is 1.00. The van der Waals surface area contributed by atoms with Gasteiger partial charge in [0.2, 0.25) is 17.8 Å². The topological polar surface area (TPSA) is 185 Å². The van der Waals surface area contributed by atoms with Crippen LogP contribution in [0.3, 0.4) is 0 Å². The lowest BCUT2D eigenvalue weighted by atomic mass is 10.8. The monoisotopic (exact) mass is 204 g/mol. The third-order valence-electron chi connectivity index (χ3n) is 1.00. The van der Waals surface area contributed by atoms with Gasteiger partial charge in [-0.25, -0.2) is 15.0 Å². The average molecular weight is 204 g/mol. The first-order chi connectivity index (χ1) is 7.30. The summed E-state index contributed by atoms with van der Waals surface area (Å²) in [5.74, 6) is -1.05. The van der Waals surface area contributed by atoms with Gasteiger partial charge in [0.15, 0.2) is 0 Å². The van der Waals surface area contributed by atoms with Crippen LogP contribution in [-0.2, 0) is 0 Å². The fourth-order valence-corrected chi connectivity index (χ4v) is 0.597. The molecule has 12 nitrogen and oxygen atoms in total. The number of rotatable bonds is 3. The molecule has 72 valence electrons. The second kappa shape index (κ2) is 4.84. The van der Waals surface area contributed by atoms with Crippen molar-refractivity contribution < 1.29 is 0 Å². The molecule has 1 heterocycles. The van der Waals surface area contributed by atoms with Gasteiger partial charge in [0.1, 0.15) is 0 Å². The van der Waals surface area contributed by atoms with Gasteiger partial charge in [0.05, 0.1) is 0 Å². The molecule has 0 saturated heterocycles. The molecule has 0 radical (unpaired) electrons. The Morgan fingerprint density at radius 1 is 0.667 bits per heavy atom. The summed E-state index contributed by atoms with van der Waals surface area (Å²) < 4.78 is 0. The van der Waals surface area contributed by atoms with Crippen molar-refractivity contribution in [3.63, 3.8) is 0 Å². The normalized spacial score (nSPS) is 8.00. The van der Waals surface area contributed by atoms with Gasteiger partial charge in [-0.3, -0.25) is 0 Å². The molecule has 0 saturated carbocycles. The van der Waals surface area contributed by atoms with Gasteiger partial charge in [-0.1, -0.05) is 0 Å². The molecule has 0 amide bonds. The van der Waals surface area contributed by atoms with Crippen molar-refractivity contribution in [1.29, 1.82) is 0 Å². The summed E-state index contributed by atoms with van der Waals surface area (Å²) in [6.07, 6.45) is 0. The Kier molecular flexibility index (Phi) is 3.24. The zero-order valence-corrected chi connectivity index (χ0v) is 6.87. The standard InChI is InChI=1S/C3N12/c4-13-10-1-7-2(11-14-5)9-3(8-1)12-15-6. The molecule has 0 N–H and O–H groups in total. The van der Waals surface area contributed by atoms with E-state index < -0.39 is 0 Å². The zero-order valence-electron chi connectivity index (χ0n) is 6.87. The van der Waals surface area contributed by atoms with E-state index in [0.717, 1.165) is 0 Å². The van der Waals surface area contributed by atoms with Crippen LogP contribution in [-0.4, -0.2) is 15.0 Å². The second-order valence-electron chi connectivity index (χ2n) is 1.80. The van der Waals surface area contributed by atoms with Gasteiger partial charge in [0.25, 0.3) is 0 Å². The van der Waals surface area contributed by atoms with Crippen LogP contribution in [0.5, 0.6) is 0 Å². The SMILES string of the molecule is [N-]=[N+]=Nc1nc(N=[N+]=[N-])nc(N=[N+]=[N-])n1. The molecule has 0 spiro atoms. The molecule has 12 heteroatoms. The van der Waals surface area contributed by atoms with Crippen molar-refractivity contribution in [3.8, 4) is 0 Å². The molecular formula is C3N12. The van der Waals surface area contributed by atoms with Crippen molar-refractivity contribution in [3.05, 3.63) is 31.3 Å². The highest BCUT2D eigenvalue weighted by Crippen LogP contribution is 2.16. The Morgan fingerprint density at radius 3 is 1.13 bits per heavy atom. The highest BCUT2D eigenvalue weighted by Gasteiger charge is 2.01. The van der Waals surface area contributed by atoms with Crippen LogP contribution in [0.4, 0.5) is 17.8 Å². The van der Waals surface area contributed by atoms with Crippen LogP contribution in [0.15, 0.2) is 15.3 Å².